The Morgan fingerprint density at radius 3 is 1.59 bits per heavy atom. The van der Waals surface area contributed by atoms with Crippen molar-refractivity contribution in [3.63, 3.8) is 0 Å². The summed E-state index contributed by atoms with van der Waals surface area (Å²) in [5, 5.41) is 71.9. The Balaban J connectivity index is 1.48. The molecular weight excluding hydrogens is 780 g/mol. The van der Waals surface area contributed by atoms with Gasteiger partial charge in [0.05, 0.1) is 6.61 Å². The molecule has 59 heavy (non-hydrogen) atoms. The number of rotatable bonds is 15. The van der Waals surface area contributed by atoms with Crippen molar-refractivity contribution in [1.82, 2.24) is 0 Å². The highest BCUT2D eigenvalue weighted by atomic mass is 16.8. The van der Waals surface area contributed by atoms with Crippen molar-refractivity contribution in [2.75, 3.05) is 19.8 Å². The summed E-state index contributed by atoms with van der Waals surface area (Å²) in [5.74, 6) is -6.72. The number of phenolic OH excluding ortho intramolecular Hbond substituents is 3. The van der Waals surface area contributed by atoms with Gasteiger partial charge in [-0.2, -0.15) is 0 Å². The van der Waals surface area contributed by atoms with E-state index in [2.05, 4.69) is 0 Å². The molecule has 314 valence electrons. The topological polar surface area (TPSA) is 274 Å². The Bertz CT molecular complexity index is 1990. The molecule has 0 aromatic heterocycles. The molecule has 2 fully saturated rings. The lowest BCUT2D eigenvalue weighted by atomic mass is 9.98. The zero-order chi connectivity index (χ0) is 42.7. The average molecular weight is 823 g/mol. The van der Waals surface area contributed by atoms with Crippen molar-refractivity contribution in [2.24, 2.45) is 0 Å². The number of hydrogen-bond acceptors (Lipinski definition) is 18. The number of benzene rings is 3. The van der Waals surface area contributed by atoms with Gasteiger partial charge in [-0.3, -0.25) is 4.79 Å². The molecule has 0 radical (unpaired) electrons. The lowest BCUT2D eigenvalue weighted by Crippen LogP contribution is -2.64. The zero-order valence-electron chi connectivity index (χ0n) is 31.3. The standard InChI is InChI=1S/C41H42O18/c1-23(43)55-38-37(52)35(50)30(20-42)56-40(38)59-41(22-54-33(48)18-9-25-4-13-28(45)14-5-25)39(57-34(49)19-10-26-6-15-29(46)16-7-26)36(51)31(58-41)21-53-32(47)17-8-24-2-11-27(44)12-3-24/h2-19,30-31,35-40,42,44-46,50-52H,20-22H2,1H3/b17-8+,18-9+,19-10+/t30-,31-,35-,36-,37+,38-,39+,40-,41+/m1/s1. The lowest BCUT2D eigenvalue weighted by molar-refractivity contribution is -0.383. The van der Waals surface area contributed by atoms with E-state index < -0.39 is 98.5 Å². The molecule has 18 heteroatoms. The van der Waals surface area contributed by atoms with Gasteiger partial charge < -0.3 is 68.9 Å². The Kier molecular flexibility index (Phi) is 14.9. The summed E-state index contributed by atoms with van der Waals surface area (Å²) in [6.45, 7) is -1.65. The fourth-order valence-electron chi connectivity index (χ4n) is 5.90. The molecule has 3 aromatic rings. The predicted octanol–water partition coefficient (Wildman–Crippen LogP) is 1.08. The maximum atomic E-state index is 13.4. The van der Waals surface area contributed by atoms with Crippen LogP contribution in [0.4, 0.5) is 0 Å². The summed E-state index contributed by atoms with van der Waals surface area (Å²) in [6, 6.07) is 17.3. The normalized spacial score (nSPS) is 26.9. The molecule has 2 heterocycles. The van der Waals surface area contributed by atoms with Crippen LogP contribution >= 0.6 is 0 Å². The highest BCUT2D eigenvalue weighted by molar-refractivity contribution is 5.88. The molecule has 0 aliphatic carbocycles. The second kappa shape index (κ2) is 20.0. The van der Waals surface area contributed by atoms with Gasteiger partial charge in [-0.25, -0.2) is 14.4 Å². The number of esters is 4. The van der Waals surface area contributed by atoms with Gasteiger partial charge in [-0.1, -0.05) is 36.4 Å². The molecular formula is C41H42O18. The first-order valence-corrected chi connectivity index (χ1v) is 17.9. The van der Waals surface area contributed by atoms with E-state index in [0.717, 1.165) is 25.2 Å². The van der Waals surface area contributed by atoms with E-state index in [9.17, 15) is 54.9 Å². The van der Waals surface area contributed by atoms with Crippen molar-refractivity contribution >= 4 is 42.1 Å². The Morgan fingerprint density at radius 2 is 1.12 bits per heavy atom. The van der Waals surface area contributed by atoms with Gasteiger partial charge in [0.25, 0.3) is 0 Å². The molecule has 9 atom stereocenters. The van der Waals surface area contributed by atoms with Crippen molar-refractivity contribution in [2.45, 2.75) is 61.7 Å². The Hall–Kier alpha value is -6.12. The number of aliphatic hydroxyl groups is 4. The van der Waals surface area contributed by atoms with Crippen LogP contribution in [0.2, 0.25) is 0 Å². The quantitative estimate of drug-likeness (QED) is 0.0642. The highest BCUT2D eigenvalue weighted by Gasteiger charge is 2.62. The van der Waals surface area contributed by atoms with Crippen LogP contribution in [0.15, 0.2) is 91.0 Å². The fourth-order valence-corrected chi connectivity index (χ4v) is 5.90. The molecule has 0 bridgehead atoms. The molecule has 2 aliphatic heterocycles. The first kappa shape index (κ1) is 44.0. The van der Waals surface area contributed by atoms with Crippen LogP contribution in [0, 0.1) is 0 Å². The number of carbonyl (C=O) groups is 4. The number of aliphatic hydroxyl groups excluding tert-OH is 4. The maximum Gasteiger partial charge on any atom is 0.331 e. The molecule has 0 amide bonds. The van der Waals surface area contributed by atoms with E-state index in [1.54, 1.807) is 0 Å². The van der Waals surface area contributed by atoms with Gasteiger partial charge in [0, 0.05) is 25.2 Å². The van der Waals surface area contributed by atoms with Crippen molar-refractivity contribution in [3.8, 4) is 17.2 Å². The summed E-state index contributed by atoms with van der Waals surface area (Å²) in [4.78, 5) is 51.4. The molecule has 3 aromatic carbocycles. The van der Waals surface area contributed by atoms with E-state index in [0.29, 0.717) is 16.7 Å². The number of aromatic hydroxyl groups is 3. The predicted molar refractivity (Wildman–Crippen MR) is 201 cm³/mol. The van der Waals surface area contributed by atoms with Crippen LogP contribution in [0.1, 0.15) is 23.6 Å². The van der Waals surface area contributed by atoms with Crippen LogP contribution in [0.25, 0.3) is 18.2 Å². The average Bonchev–Trinajstić information content (AvgIpc) is 3.47. The van der Waals surface area contributed by atoms with E-state index in [-0.39, 0.29) is 17.2 Å². The maximum absolute atomic E-state index is 13.4. The molecule has 2 aliphatic rings. The number of phenols is 3. The third-order valence-corrected chi connectivity index (χ3v) is 8.88. The van der Waals surface area contributed by atoms with E-state index >= 15 is 0 Å². The molecule has 0 spiro atoms. The Morgan fingerprint density at radius 1 is 0.644 bits per heavy atom. The summed E-state index contributed by atoms with van der Waals surface area (Å²) < 4.78 is 39.6. The number of carbonyl (C=O) groups excluding carboxylic acids is 4. The third kappa shape index (κ3) is 12.0. The van der Waals surface area contributed by atoms with Gasteiger partial charge in [0.2, 0.25) is 12.1 Å². The smallest absolute Gasteiger partial charge is 0.331 e. The SMILES string of the molecule is CC(=O)O[C@H]1[C@@H](O[C@]2(COC(=O)/C=C/c3ccc(O)cc3)O[C@H](COC(=O)/C=C/c3ccc(O)cc3)[C@@H](O)[C@@H]2OC(=O)/C=C/c2ccc(O)cc2)O[C@H](CO)[C@@H](O)[C@@H]1O. The van der Waals surface area contributed by atoms with Crippen molar-refractivity contribution < 1.29 is 88.1 Å². The van der Waals surface area contributed by atoms with Crippen molar-refractivity contribution in [3.05, 3.63) is 108 Å². The second-order valence-corrected chi connectivity index (χ2v) is 13.2. The molecule has 18 nitrogen and oxygen atoms in total. The molecule has 0 saturated carbocycles. The van der Waals surface area contributed by atoms with Gasteiger partial charge >= 0.3 is 23.9 Å². The number of ether oxygens (including phenoxy) is 7. The molecule has 7 N–H and O–H groups in total. The van der Waals surface area contributed by atoms with Crippen LogP contribution in [0.3, 0.4) is 0 Å². The summed E-state index contributed by atoms with van der Waals surface area (Å²) in [7, 11) is 0. The summed E-state index contributed by atoms with van der Waals surface area (Å²) >= 11 is 0. The number of hydrogen-bond donors (Lipinski definition) is 7. The summed E-state index contributed by atoms with van der Waals surface area (Å²) in [5.41, 5.74) is 1.46. The molecule has 2 saturated heterocycles. The van der Waals surface area contributed by atoms with Crippen LogP contribution < -0.4 is 0 Å². The van der Waals surface area contributed by atoms with E-state index in [1.165, 1.54) is 91.0 Å². The third-order valence-electron chi connectivity index (χ3n) is 8.88. The Labute approximate surface area is 336 Å². The first-order chi connectivity index (χ1) is 28.2. The minimum Gasteiger partial charge on any atom is -0.508 e. The minimum absolute atomic E-state index is 0.00307. The highest BCUT2D eigenvalue weighted by Crippen LogP contribution is 2.39. The van der Waals surface area contributed by atoms with Crippen LogP contribution in [0.5, 0.6) is 17.2 Å². The first-order valence-electron chi connectivity index (χ1n) is 17.9. The second-order valence-electron chi connectivity index (χ2n) is 13.2. The van der Waals surface area contributed by atoms with Crippen molar-refractivity contribution in [1.29, 1.82) is 0 Å². The summed E-state index contributed by atoms with van der Waals surface area (Å²) in [6.07, 6.45) is -7.62. The largest absolute Gasteiger partial charge is 0.508 e. The monoisotopic (exact) mass is 822 g/mol. The van der Waals surface area contributed by atoms with Gasteiger partial charge in [0.15, 0.2) is 12.2 Å². The van der Waals surface area contributed by atoms with E-state index in [1.807, 2.05) is 0 Å². The van der Waals surface area contributed by atoms with Gasteiger partial charge in [0.1, 0.15) is 61.0 Å². The fraction of sp³-hybridized carbons (Fsp3) is 0.317. The van der Waals surface area contributed by atoms with Crippen LogP contribution in [-0.4, -0.2) is 134 Å². The van der Waals surface area contributed by atoms with Gasteiger partial charge in [-0.05, 0) is 71.3 Å². The minimum atomic E-state index is -2.63. The lowest BCUT2D eigenvalue weighted by Gasteiger charge is -2.44. The van der Waals surface area contributed by atoms with Crippen LogP contribution in [-0.2, 0) is 52.3 Å². The molecule has 5 rings (SSSR count). The van der Waals surface area contributed by atoms with E-state index in [4.69, 9.17) is 33.2 Å². The molecule has 0 unspecified atom stereocenters. The zero-order valence-corrected chi connectivity index (χ0v) is 31.3. The van der Waals surface area contributed by atoms with Gasteiger partial charge in [-0.15, -0.1) is 0 Å².